The smallest absolute Gasteiger partial charge is 0.310 e. The van der Waals surface area contributed by atoms with Crippen LogP contribution in [0.25, 0.3) is 0 Å². The third-order valence-electron chi connectivity index (χ3n) is 3.43. The summed E-state index contributed by atoms with van der Waals surface area (Å²) in [5.74, 6) is -1.02. The highest BCUT2D eigenvalue weighted by molar-refractivity contribution is 5.78. The molecule has 4 nitrogen and oxygen atoms in total. The highest BCUT2D eigenvalue weighted by Gasteiger charge is 2.27. The van der Waals surface area contributed by atoms with Gasteiger partial charge in [-0.05, 0) is 45.2 Å². The maximum atomic E-state index is 11.8. The Hall–Kier alpha value is -1.84. The van der Waals surface area contributed by atoms with E-state index in [4.69, 9.17) is 5.11 Å². The van der Waals surface area contributed by atoms with Crippen molar-refractivity contribution in [2.24, 2.45) is 5.41 Å². The molecule has 0 bridgehead atoms. The molecule has 0 spiro atoms. The van der Waals surface area contributed by atoms with Gasteiger partial charge >= 0.3 is 5.97 Å². The molecule has 0 unspecified atom stereocenters. The third kappa shape index (κ3) is 4.68. The summed E-state index contributed by atoms with van der Waals surface area (Å²) in [4.78, 5) is 22.7. The van der Waals surface area contributed by atoms with Gasteiger partial charge in [0.1, 0.15) is 0 Å². The van der Waals surface area contributed by atoms with Gasteiger partial charge in [0.05, 0.1) is 5.41 Å². The van der Waals surface area contributed by atoms with E-state index in [0.717, 1.165) is 5.56 Å². The number of benzene rings is 1. The molecular weight excluding hydrogens is 254 g/mol. The summed E-state index contributed by atoms with van der Waals surface area (Å²) in [5, 5.41) is 11.7. The van der Waals surface area contributed by atoms with Crippen LogP contribution < -0.4 is 5.32 Å². The summed E-state index contributed by atoms with van der Waals surface area (Å²) in [5.41, 5.74) is 2.61. The molecule has 0 radical (unpaired) electrons. The number of nitrogens with one attached hydrogen (secondary N) is 1. The summed E-state index contributed by atoms with van der Waals surface area (Å²) in [6, 6.07) is 6.17. The molecule has 0 aliphatic heterocycles. The lowest BCUT2D eigenvalue weighted by Gasteiger charge is -2.19. The number of carboxylic acids is 1. The second-order valence-corrected chi connectivity index (χ2v) is 5.90. The Labute approximate surface area is 120 Å². The van der Waals surface area contributed by atoms with Crippen LogP contribution in [0, 0.1) is 19.3 Å². The Kier molecular flexibility index (Phi) is 5.31. The van der Waals surface area contributed by atoms with Gasteiger partial charge in [-0.25, -0.2) is 0 Å². The van der Waals surface area contributed by atoms with Crippen molar-refractivity contribution in [3.63, 3.8) is 0 Å². The van der Waals surface area contributed by atoms with Crippen molar-refractivity contribution < 1.29 is 14.7 Å². The van der Waals surface area contributed by atoms with Crippen LogP contribution in [0.3, 0.4) is 0 Å². The predicted octanol–water partition coefficient (Wildman–Crippen LogP) is 2.46. The van der Waals surface area contributed by atoms with E-state index in [1.165, 1.54) is 11.1 Å². The fraction of sp³-hybridized carbons (Fsp3) is 0.500. The number of hydrogen-bond donors (Lipinski definition) is 2. The van der Waals surface area contributed by atoms with Gasteiger partial charge in [0.2, 0.25) is 5.91 Å². The number of carbonyl (C=O) groups is 2. The van der Waals surface area contributed by atoms with Crippen LogP contribution in [0.5, 0.6) is 0 Å². The maximum absolute atomic E-state index is 11.8. The molecule has 0 aromatic heterocycles. The summed E-state index contributed by atoms with van der Waals surface area (Å²) >= 11 is 0. The average molecular weight is 277 g/mol. The lowest BCUT2D eigenvalue weighted by Crippen LogP contribution is -2.38. The first-order valence-electron chi connectivity index (χ1n) is 6.78. The van der Waals surface area contributed by atoms with Gasteiger partial charge in [0.15, 0.2) is 0 Å². The molecule has 4 heteroatoms. The second-order valence-electron chi connectivity index (χ2n) is 5.90. The zero-order chi connectivity index (χ0) is 15.3. The standard InChI is InChI=1S/C16H23NO3/c1-11-5-6-13(12(2)9-11)7-8-14(18)17-10-16(3,4)15(19)20/h5-6,9H,7-8,10H2,1-4H3,(H,17,18)(H,19,20). The average Bonchev–Trinajstić information content (AvgIpc) is 2.35. The quantitative estimate of drug-likeness (QED) is 0.839. The van der Waals surface area contributed by atoms with Gasteiger partial charge in [-0.15, -0.1) is 0 Å². The number of carbonyl (C=O) groups excluding carboxylic acids is 1. The Bertz CT molecular complexity index is 506. The molecule has 0 heterocycles. The van der Waals surface area contributed by atoms with Crippen molar-refractivity contribution in [3.05, 3.63) is 34.9 Å². The van der Waals surface area contributed by atoms with Crippen molar-refractivity contribution in [1.29, 1.82) is 0 Å². The minimum absolute atomic E-state index is 0.112. The van der Waals surface area contributed by atoms with Gasteiger partial charge in [0.25, 0.3) is 0 Å². The van der Waals surface area contributed by atoms with Gasteiger partial charge in [0, 0.05) is 13.0 Å². The first-order valence-corrected chi connectivity index (χ1v) is 6.78. The number of aliphatic carboxylic acids is 1. The largest absolute Gasteiger partial charge is 0.481 e. The molecule has 0 saturated carbocycles. The molecular formula is C16H23NO3. The molecule has 1 aromatic carbocycles. The maximum Gasteiger partial charge on any atom is 0.310 e. The SMILES string of the molecule is Cc1ccc(CCC(=O)NCC(C)(C)C(=O)O)c(C)c1. The van der Waals surface area contributed by atoms with Crippen LogP contribution in [0.2, 0.25) is 0 Å². The summed E-state index contributed by atoms with van der Waals surface area (Å²) < 4.78 is 0. The Balaban J connectivity index is 2.46. The van der Waals surface area contributed by atoms with E-state index in [1.807, 2.05) is 26.0 Å². The Morgan fingerprint density at radius 1 is 1.25 bits per heavy atom. The highest BCUT2D eigenvalue weighted by Crippen LogP contribution is 2.14. The van der Waals surface area contributed by atoms with Crippen LogP contribution in [0.1, 0.15) is 37.0 Å². The molecule has 20 heavy (non-hydrogen) atoms. The van der Waals surface area contributed by atoms with Gasteiger partial charge in [-0.3, -0.25) is 9.59 Å². The Morgan fingerprint density at radius 2 is 1.90 bits per heavy atom. The first-order chi connectivity index (χ1) is 9.22. The number of carboxylic acid groups (broad SMARTS) is 1. The predicted molar refractivity (Wildman–Crippen MR) is 78.7 cm³/mol. The molecule has 0 fully saturated rings. The number of hydrogen-bond acceptors (Lipinski definition) is 2. The van der Waals surface area contributed by atoms with E-state index < -0.39 is 11.4 Å². The van der Waals surface area contributed by atoms with Crippen LogP contribution in [0.4, 0.5) is 0 Å². The van der Waals surface area contributed by atoms with E-state index in [-0.39, 0.29) is 12.5 Å². The van der Waals surface area contributed by atoms with E-state index in [0.29, 0.717) is 12.8 Å². The second kappa shape index (κ2) is 6.55. The molecule has 1 rings (SSSR count). The normalized spacial score (nSPS) is 11.2. The number of amides is 1. The van der Waals surface area contributed by atoms with Crippen molar-refractivity contribution in [2.45, 2.75) is 40.5 Å². The van der Waals surface area contributed by atoms with Crippen LogP contribution in [-0.4, -0.2) is 23.5 Å². The van der Waals surface area contributed by atoms with E-state index in [2.05, 4.69) is 11.4 Å². The lowest BCUT2D eigenvalue weighted by atomic mass is 9.94. The van der Waals surface area contributed by atoms with Crippen LogP contribution >= 0.6 is 0 Å². The topological polar surface area (TPSA) is 66.4 Å². The molecule has 0 saturated heterocycles. The summed E-state index contributed by atoms with van der Waals surface area (Å²) in [7, 11) is 0. The third-order valence-corrected chi connectivity index (χ3v) is 3.43. The van der Waals surface area contributed by atoms with E-state index in [9.17, 15) is 9.59 Å². The Morgan fingerprint density at radius 3 is 2.45 bits per heavy atom. The molecule has 2 N–H and O–H groups in total. The van der Waals surface area contributed by atoms with Gasteiger partial charge in [-0.2, -0.15) is 0 Å². The zero-order valence-corrected chi connectivity index (χ0v) is 12.6. The van der Waals surface area contributed by atoms with E-state index >= 15 is 0 Å². The molecule has 1 aromatic rings. The fourth-order valence-corrected chi connectivity index (χ4v) is 1.86. The molecule has 1 amide bonds. The molecule has 110 valence electrons. The van der Waals surface area contributed by atoms with E-state index in [1.54, 1.807) is 13.8 Å². The zero-order valence-electron chi connectivity index (χ0n) is 12.6. The molecule has 0 atom stereocenters. The minimum atomic E-state index is -0.935. The van der Waals surface area contributed by atoms with Crippen molar-refractivity contribution in [2.75, 3.05) is 6.54 Å². The van der Waals surface area contributed by atoms with Crippen molar-refractivity contribution in [3.8, 4) is 0 Å². The number of rotatable bonds is 6. The summed E-state index contributed by atoms with van der Waals surface area (Å²) in [6.07, 6.45) is 1.05. The summed E-state index contributed by atoms with van der Waals surface area (Å²) in [6.45, 7) is 7.42. The lowest BCUT2D eigenvalue weighted by molar-refractivity contribution is -0.146. The molecule has 0 aliphatic carbocycles. The monoisotopic (exact) mass is 277 g/mol. The molecule has 0 aliphatic rings. The fourth-order valence-electron chi connectivity index (χ4n) is 1.86. The van der Waals surface area contributed by atoms with Gasteiger partial charge < -0.3 is 10.4 Å². The van der Waals surface area contributed by atoms with Crippen molar-refractivity contribution in [1.82, 2.24) is 5.32 Å². The van der Waals surface area contributed by atoms with Gasteiger partial charge in [-0.1, -0.05) is 23.8 Å². The number of aryl methyl sites for hydroxylation is 3. The van der Waals surface area contributed by atoms with Crippen molar-refractivity contribution >= 4 is 11.9 Å². The van der Waals surface area contributed by atoms with Crippen LogP contribution in [0.15, 0.2) is 18.2 Å². The van der Waals surface area contributed by atoms with Crippen LogP contribution in [-0.2, 0) is 16.0 Å². The highest BCUT2D eigenvalue weighted by atomic mass is 16.4. The first kappa shape index (κ1) is 16.2. The minimum Gasteiger partial charge on any atom is -0.481 e.